The van der Waals surface area contributed by atoms with Crippen molar-refractivity contribution in [1.82, 2.24) is 4.90 Å². The van der Waals surface area contributed by atoms with E-state index in [4.69, 9.17) is 11.6 Å². The average molecular weight is 527 g/mol. The number of amides is 1. The van der Waals surface area contributed by atoms with Gasteiger partial charge < -0.3 is 15.1 Å². The number of nitrogens with zero attached hydrogens (tertiary/aromatic N) is 1. The second kappa shape index (κ2) is 9.41. The van der Waals surface area contributed by atoms with Gasteiger partial charge in [-0.25, -0.2) is 0 Å². The molecule has 5 nitrogen and oxygen atoms in total. The molecule has 0 bridgehead atoms. The Kier molecular flexibility index (Phi) is 6.58. The molecule has 1 fully saturated rings. The Morgan fingerprint density at radius 1 is 1.03 bits per heavy atom. The van der Waals surface area contributed by atoms with Gasteiger partial charge in [0.2, 0.25) is 0 Å². The van der Waals surface area contributed by atoms with Gasteiger partial charge in [-0.05, 0) is 66.4 Å². The predicted octanol–water partition coefficient (Wildman–Crippen LogP) is 5.78. The number of hydrogen-bond acceptors (Lipinski definition) is 4. The quantitative estimate of drug-likeness (QED) is 0.251. The van der Waals surface area contributed by atoms with Gasteiger partial charge in [-0.3, -0.25) is 9.59 Å². The highest BCUT2D eigenvalue weighted by atomic mass is 79.9. The van der Waals surface area contributed by atoms with Crippen LogP contribution in [-0.4, -0.2) is 33.3 Å². The van der Waals surface area contributed by atoms with Gasteiger partial charge in [0.15, 0.2) is 0 Å². The van der Waals surface area contributed by atoms with Crippen molar-refractivity contribution in [3.05, 3.63) is 104 Å². The van der Waals surface area contributed by atoms with E-state index in [1.807, 2.05) is 19.1 Å². The maximum Gasteiger partial charge on any atom is 0.295 e. The highest BCUT2D eigenvalue weighted by molar-refractivity contribution is 9.10. The van der Waals surface area contributed by atoms with Crippen molar-refractivity contribution in [2.24, 2.45) is 0 Å². The number of hydrogen-bond donors (Lipinski definition) is 2. The minimum Gasteiger partial charge on any atom is -0.508 e. The number of likely N-dealkylation sites (tertiary alicyclic amines) is 1. The van der Waals surface area contributed by atoms with Crippen LogP contribution in [0.3, 0.4) is 0 Å². The van der Waals surface area contributed by atoms with Gasteiger partial charge in [0.05, 0.1) is 11.6 Å². The Hall–Kier alpha value is -3.09. The first kappa shape index (κ1) is 23.1. The molecule has 1 atom stereocenters. The van der Waals surface area contributed by atoms with Crippen LogP contribution >= 0.6 is 27.5 Å². The van der Waals surface area contributed by atoms with Crippen LogP contribution in [-0.2, 0) is 16.0 Å². The van der Waals surface area contributed by atoms with Crippen molar-refractivity contribution in [3.8, 4) is 5.75 Å². The van der Waals surface area contributed by atoms with Crippen LogP contribution in [0, 0.1) is 6.92 Å². The zero-order valence-electron chi connectivity index (χ0n) is 17.8. The molecule has 3 aromatic carbocycles. The Labute approximate surface area is 205 Å². The van der Waals surface area contributed by atoms with Crippen LogP contribution in [0.1, 0.15) is 28.3 Å². The van der Waals surface area contributed by atoms with E-state index in [-0.39, 0.29) is 23.6 Å². The first-order chi connectivity index (χ1) is 15.8. The van der Waals surface area contributed by atoms with E-state index >= 15 is 0 Å². The van der Waals surface area contributed by atoms with Crippen LogP contribution in [0.4, 0.5) is 0 Å². The van der Waals surface area contributed by atoms with Gasteiger partial charge >= 0.3 is 0 Å². The van der Waals surface area contributed by atoms with Gasteiger partial charge in [-0.15, -0.1) is 0 Å². The van der Waals surface area contributed by atoms with Gasteiger partial charge in [-0.1, -0.05) is 57.9 Å². The van der Waals surface area contributed by atoms with E-state index in [0.29, 0.717) is 22.6 Å². The Balaban J connectivity index is 1.78. The molecule has 0 radical (unpaired) electrons. The largest absolute Gasteiger partial charge is 0.508 e. The summed E-state index contributed by atoms with van der Waals surface area (Å²) < 4.78 is 0.873. The lowest BCUT2D eigenvalue weighted by molar-refractivity contribution is -0.139. The minimum absolute atomic E-state index is 0.0310. The summed E-state index contributed by atoms with van der Waals surface area (Å²) in [6.07, 6.45) is 0.510. The van der Waals surface area contributed by atoms with Crippen molar-refractivity contribution in [3.63, 3.8) is 0 Å². The smallest absolute Gasteiger partial charge is 0.295 e. The van der Waals surface area contributed by atoms with Gasteiger partial charge in [0.25, 0.3) is 11.7 Å². The Morgan fingerprint density at radius 3 is 2.33 bits per heavy atom. The maximum absolute atomic E-state index is 13.1. The molecule has 0 aromatic heterocycles. The third-order valence-electron chi connectivity index (χ3n) is 5.73. The molecule has 4 rings (SSSR count). The molecular formula is C26H21BrClNO4. The number of Topliss-reactive ketones (excluding diaryl/α,β-unsaturated/α-hetero) is 1. The molecular weight excluding hydrogens is 506 g/mol. The summed E-state index contributed by atoms with van der Waals surface area (Å²) in [4.78, 5) is 27.6. The molecule has 1 aliphatic heterocycles. The lowest BCUT2D eigenvalue weighted by Crippen LogP contribution is -2.31. The van der Waals surface area contributed by atoms with Crippen molar-refractivity contribution >= 4 is 45.0 Å². The molecule has 1 saturated heterocycles. The number of benzene rings is 3. The van der Waals surface area contributed by atoms with E-state index in [1.165, 1.54) is 17.0 Å². The number of halogens is 2. The van der Waals surface area contributed by atoms with E-state index < -0.39 is 17.7 Å². The number of aliphatic hydroxyl groups is 1. The van der Waals surface area contributed by atoms with Crippen LogP contribution in [0.25, 0.3) is 5.76 Å². The number of carbonyl (C=O) groups excluding carboxylic acids is 2. The number of aliphatic hydroxyl groups excluding tert-OH is 1. The topological polar surface area (TPSA) is 77.8 Å². The van der Waals surface area contributed by atoms with Gasteiger partial charge in [-0.2, -0.15) is 0 Å². The monoisotopic (exact) mass is 525 g/mol. The fraction of sp³-hybridized carbons (Fsp3) is 0.154. The molecule has 1 amide bonds. The van der Waals surface area contributed by atoms with Crippen molar-refractivity contribution in [2.75, 3.05) is 6.54 Å². The van der Waals surface area contributed by atoms with E-state index in [9.17, 15) is 19.8 Å². The van der Waals surface area contributed by atoms with E-state index in [2.05, 4.69) is 15.9 Å². The molecule has 1 unspecified atom stereocenters. The third-order valence-corrected chi connectivity index (χ3v) is 6.88. The van der Waals surface area contributed by atoms with Crippen LogP contribution in [0.5, 0.6) is 5.75 Å². The van der Waals surface area contributed by atoms with Gasteiger partial charge in [0.1, 0.15) is 11.5 Å². The van der Waals surface area contributed by atoms with Crippen LogP contribution in [0.15, 0.2) is 76.8 Å². The first-order valence-corrected chi connectivity index (χ1v) is 11.5. The summed E-state index contributed by atoms with van der Waals surface area (Å²) in [7, 11) is 0. The minimum atomic E-state index is -0.776. The average Bonchev–Trinajstić information content (AvgIpc) is 3.05. The molecule has 7 heteroatoms. The second-order valence-corrected chi connectivity index (χ2v) is 9.22. The number of phenolic OH excluding ortho intramolecular Hbond substituents is 1. The summed E-state index contributed by atoms with van der Waals surface area (Å²) in [6, 6.07) is 18.1. The third kappa shape index (κ3) is 4.68. The van der Waals surface area contributed by atoms with E-state index in [0.717, 1.165) is 15.6 Å². The molecule has 0 spiro atoms. The first-order valence-electron chi connectivity index (χ1n) is 10.3. The van der Waals surface area contributed by atoms with Crippen LogP contribution in [0.2, 0.25) is 5.02 Å². The highest BCUT2D eigenvalue weighted by Crippen LogP contribution is 2.40. The molecule has 0 saturated carbocycles. The molecule has 33 heavy (non-hydrogen) atoms. The van der Waals surface area contributed by atoms with Crippen molar-refractivity contribution < 1.29 is 19.8 Å². The number of phenols is 1. The number of ketones is 1. The number of rotatable bonds is 5. The maximum atomic E-state index is 13.1. The molecule has 0 aliphatic carbocycles. The number of aryl methyl sites for hydroxylation is 1. The zero-order chi connectivity index (χ0) is 23.7. The molecule has 1 aliphatic rings. The zero-order valence-corrected chi connectivity index (χ0v) is 20.1. The highest BCUT2D eigenvalue weighted by Gasteiger charge is 2.45. The lowest BCUT2D eigenvalue weighted by Gasteiger charge is -2.25. The normalized spacial score (nSPS) is 17.5. The molecule has 1 heterocycles. The second-order valence-electron chi connectivity index (χ2n) is 7.92. The Morgan fingerprint density at radius 2 is 1.70 bits per heavy atom. The fourth-order valence-electron chi connectivity index (χ4n) is 3.96. The summed E-state index contributed by atoms with van der Waals surface area (Å²) in [5.41, 5.74) is 2.96. The fourth-order valence-corrected chi connectivity index (χ4v) is 4.33. The van der Waals surface area contributed by atoms with Crippen molar-refractivity contribution in [2.45, 2.75) is 19.4 Å². The Bertz CT molecular complexity index is 1250. The summed E-state index contributed by atoms with van der Waals surface area (Å²) >= 11 is 9.40. The summed E-state index contributed by atoms with van der Waals surface area (Å²) in [6.45, 7) is 2.15. The predicted molar refractivity (Wildman–Crippen MR) is 131 cm³/mol. The van der Waals surface area contributed by atoms with Gasteiger partial charge in [0, 0.05) is 21.6 Å². The summed E-state index contributed by atoms with van der Waals surface area (Å²) in [5, 5.41) is 21.5. The molecule has 3 aromatic rings. The molecule has 2 N–H and O–H groups in total. The van der Waals surface area contributed by atoms with E-state index in [1.54, 1.807) is 42.5 Å². The lowest BCUT2D eigenvalue weighted by atomic mass is 9.94. The van der Waals surface area contributed by atoms with Crippen molar-refractivity contribution in [1.29, 1.82) is 0 Å². The number of aromatic hydroxyl groups is 1. The number of carbonyl (C=O) groups is 2. The van der Waals surface area contributed by atoms with Crippen LogP contribution < -0.4 is 0 Å². The SMILES string of the molecule is Cc1cc(/C(O)=C2/C(=O)C(=O)N(CCc3ccc(Cl)cc3)C2c2ccc(O)cc2)ccc1Br. The standard InChI is InChI=1S/C26H21BrClNO4/c1-15-14-18(6-11-21(15)27)24(31)22-23(17-4-9-20(30)10-5-17)29(26(33)25(22)32)13-12-16-2-7-19(28)8-3-16/h2-11,14,23,30-31H,12-13H2,1H3/b24-22-. The summed E-state index contributed by atoms with van der Waals surface area (Å²) in [5.74, 6) is -1.56. The molecule has 168 valence electrons.